The number of aliphatic hydroxyl groups excluding tert-OH is 2. The molecule has 3 fully saturated rings. The number of piperidine rings is 1. The van der Waals surface area contributed by atoms with Gasteiger partial charge in [-0.05, 0) is 100 Å². The Bertz CT molecular complexity index is 1960. The number of allylic oxidation sites excluding steroid dienone is 6. The van der Waals surface area contributed by atoms with Crippen molar-refractivity contribution >= 4 is 36.6 Å². The van der Waals surface area contributed by atoms with Gasteiger partial charge in [0.25, 0.3) is 11.7 Å². The molecule has 0 unspecified atom stereocenters. The fourth-order valence-corrected chi connectivity index (χ4v) is 11.5. The molecule has 3 N–H and O–H groups in total. The predicted molar refractivity (Wildman–Crippen MR) is 265 cm³/mol. The second-order valence-electron chi connectivity index (χ2n) is 20.9. The number of esters is 1. The highest BCUT2D eigenvalue weighted by Crippen LogP contribution is 2.45. The van der Waals surface area contributed by atoms with E-state index in [4.69, 9.17) is 28.2 Å². The third-order valence-corrected chi connectivity index (χ3v) is 15.7. The first-order valence-electron chi connectivity index (χ1n) is 25.3. The van der Waals surface area contributed by atoms with Crippen molar-refractivity contribution in [2.45, 2.75) is 173 Å². The molecule has 16 nitrogen and oxygen atoms in total. The lowest BCUT2D eigenvalue weighted by molar-refractivity contribution is -0.265. The second-order valence-corrected chi connectivity index (χ2v) is 23.6. The Labute approximate surface area is 416 Å². The van der Waals surface area contributed by atoms with E-state index in [9.17, 15) is 43.9 Å². The first kappa shape index (κ1) is 59.4. The molecule has 0 aromatic carbocycles. The molecule has 3 aliphatic heterocycles. The van der Waals surface area contributed by atoms with Crippen LogP contribution >= 0.6 is 7.37 Å². The van der Waals surface area contributed by atoms with Crippen LogP contribution in [0.25, 0.3) is 0 Å². The van der Waals surface area contributed by atoms with Crippen LogP contribution in [0.4, 0.5) is 0 Å². The van der Waals surface area contributed by atoms with Crippen LogP contribution in [0.2, 0.25) is 0 Å². The zero-order valence-electron chi connectivity index (χ0n) is 43.6. The highest BCUT2D eigenvalue weighted by Gasteiger charge is 2.53. The molecule has 0 aromatic heterocycles. The Balaban J connectivity index is 1.72. The first-order chi connectivity index (χ1) is 33.0. The molecule has 1 amide bonds. The summed E-state index contributed by atoms with van der Waals surface area (Å²) in [6.45, 7) is 13.3. The molecule has 4 rings (SSSR count). The van der Waals surface area contributed by atoms with Gasteiger partial charge in [-0.15, -0.1) is 0 Å². The normalized spacial score (nSPS) is 38.6. The van der Waals surface area contributed by atoms with Gasteiger partial charge in [0, 0.05) is 71.8 Å². The summed E-state index contributed by atoms with van der Waals surface area (Å²) in [5.41, 5.74) is 0.882. The van der Waals surface area contributed by atoms with E-state index in [1.54, 1.807) is 48.3 Å². The molecule has 15 atom stereocenters. The van der Waals surface area contributed by atoms with Gasteiger partial charge in [-0.25, -0.2) is 4.79 Å². The SMILES string of the molecule is CO[C@H]1C[C@@H]2CC[C@@H](C)[C@@](O)(O2)C(=O)C(=O)N2CCCC[C@H]2C(=O)O[C@H]([C@H](C)C[C@@H]2CC[C@@H](OP(C)(C)=O)[C@H](OC)C2)CC(=O)[C@H](C)/C=C(\CO)[C@@H](O)[C@@H](OC)C(=O)[C@H](C)C[C@H](C)/C=C/C=C/C=C/1C. The standard InChI is InChI=1S/C53H84NO15P/c1-32-17-13-12-14-18-33(2)44(64-7)29-40-22-20-37(6)53(62,68-40)50(59)51(60)54-24-16-15-19-41(54)52(61)67-45(35(4)26-38-21-23-43(46(28-38)65-8)69-70(10,11)63)30-42(56)34(3)27-39(31-55)48(58)49(66-9)47(57)36(5)25-32/h12-14,17-18,27,32,34-38,40-41,43-46,48-49,55,58,62H,15-16,19-26,28-31H2,1-11H3/b14-12+,17-13+,33-18+,39-27+/t32-,34-,35-,36-,37-,38+,40+,41+,43-,44+,45+,46-,48-,49+,53-/m1/s1. The van der Waals surface area contributed by atoms with Crippen molar-refractivity contribution in [1.29, 1.82) is 0 Å². The van der Waals surface area contributed by atoms with Gasteiger partial charge >= 0.3 is 5.97 Å². The average molecular weight is 1010 g/mol. The number of carbonyl (C=O) groups excluding carboxylic acids is 5. The van der Waals surface area contributed by atoms with Crippen molar-refractivity contribution in [3.05, 3.63) is 47.6 Å². The Kier molecular flexibility index (Phi) is 23.1. The number of Topliss-reactive ketones (excluding diaryl/α,β-unsaturated/α-hetero) is 3. The molecule has 0 radical (unpaired) electrons. The maximum Gasteiger partial charge on any atom is 0.329 e. The Hall–Kier alpha value is -3.18. The van der Waals surface area contributed by atoms with Crippen LogP contribution in [0.5, 0.6) is 0 Å². The molecule has 17 heteroatoms. The predicted octanol–water partition coefficient (Wildman–Crippen LogP) is 6.72. The van der Waals surface area contributed by atoms with E-state index >= 15 is 0 Å². The molecule has 1 saturated carbocycles. The lowest BCUT2D eigenvalue weighted by Gasteiger charge is -2.42. The van der Waals surface area contributed by atoms with E-state index < -0.39 is 97.7 Å². The summed E-state index contributed by atoms with van der Waals surface area (Å²) in [4.78, 5) is 72.3. The van der Waals surface area contributed by atoms with Crippen molar-refractivity contribution in [2.75, 3.05) is 47.8 Å². The fraction of sp³-hybridized carbons (Fsp3) is 0.755. The quantitative estimate of drug-likeness (QED) is 0.0945. The lowest BCUT2D eigenvalue weighted by atomic mass is 9.78. The number of fused-ring (bicyclic) bond motifs is 3. The largest absolute Gasteiger partial charge is 0.460 e. The van der Waals surface area contributed by atoms with Crippen molar-refractivity contribution in [1.82, 2.24) is 4.90 Å². The summed E-state index contributed by atoms with van der Waals surface area (Å²) in [6.07, 6.45) is 10.2. The van der Waals surface area contributed by atoms with E-state index in [1.165, 1.54) is 13.2 Å². The maximum atomic E-state index is 14.5. The number of nitrogens with zero attached hydrogens (tertiary/aromatic N) is 1. The van der Waals surface area contributed by atoms with E-state index in [2.05, 4.69) is 0 Å². The Morgan fingerprint density at radius 2 is 1.60 bits per heavy atom. The van der Waals surface area contributed by atoms with Gasteiger partial charge in [-0.3, -0.25) is 23.7 Å². The van der Waals surface area contributed by atoms with Crippen LogP contribution < -0.4 is 0 Å². The van der Waals surface area contributed by atoms with Crippen LogP contribution in [0.3, 0.4) is 0 Å². The fourth-order valence-electron chi connectivity index (χ4n) is 10.6. The smallest absolute Gasteiger partial charge is 0.329 e. The third-order valence-electron chi connectivity index (χ3n) is 14.9. The number of methoxy groups -OCH3 is 3. The van der Waals surface area contributed by atoms with Gasteiger partial charge in [0.15, 0.2) is 13.2 Å². The molecule has 3 heterocycles. The molecule has 1 aliphatic carbocycles. The monoisotopic (exact) mass is 1010 g/mol. The van der Waals surface area contributed by atoms with E-state index in [-0.39, 0.29) is 60.6 Å². The van der Waals surface area contributed by atoms with Gasteiger partial charge in [0.05, 0.1) is 31.0 Å². The number of hydrogen-bond donors (Lipinski definition) is 3. The van der Waals surface area contributed by atoms with Crippen LogP contribution in [0, 0.1) is 35.5 Å². The van der Waals surface area contributed by atoms with Crippen molar-refractivity contribution in [3.63, 3.8) is 0 Å². The van der Waals surface area contributed by atoms with E-state index in [0.29, 0.717) is 64.2 Å². The molecular weight excluding hydrogens is 922 g/mol. The number of cyclic esters (lactones) is 1. The summed E-state index contributed by atoms with van der Waals surface area (Å²) in [6, 6.07) is -1.19. The molecular formula is C53H84NO15P. The zero-order valence-corrected chi connectivity index (χ0v) is 44.5. The number of rotatable bonds is 9. The summed E-state index contributed by atoms with van der Waals surface area (Å²) < 4.78 is 48.1. The molecule has 396 valence electrons. The highest BCUT2D eigenvalue weighted by molar-refractivity contribution is 7.57. The summed E-state index contributed by atoms with van der Waals surface area (Å²) in [5, 5.41) is 34.0. The molecule has 0 aromatic rings. The summed E-state index contributed by atoms with van der Waals surface area (Å²) >= 11 is 0. The number of hydrogen-bond acceptors (Lipinski definition) is 15. The number of amides is 1. The van der Waals surface area contributed by atoms with Gasteiger partial charge in [0.2, 0.25) is 5.79 Å². The summed E-state index contributed by atoms with van der Waals surface area (Å²) in [7, 11) is 1.65. The van der Waals surface area contributed by atoms with Crippen LogP contribution in [-0.2, 0) is 56.7 Å². The van der Waals surface area contributed by atoms with E-state index in [0.717, 1.165) is 10.5 Å². The third kappa shape index (κ3) is 16.2. The Morgan fingerprint density at radius 1 is 0.886 bits per heavy atom. The van der Waals surface area contributed by atoms with Gasteiger partial charge in [0.1, 0.15) is 30.1 Å². The minimum Gasteiger partial charge on any atom is -0.460 e. The number of ether oxygens (including phenoxy) is 5. The minimum absolute atomic E-state index is 0.0227. The first-order valence-corrected chi connectivity index (χ1v) is 27.9. The zero-order chi connectivity index (χ0) is 52.1. The van der Waals surface area contributed by atoms with Crippen LogP contribution in [0.15, 0.2) is 47.6 Å². The van der Waals surface area contributed by atoms with Crippen molar-refractivity contribution in [2.24, 2.45) is 35.5 Å². The topological polar surface area (TPSA) is 222 Å². The number of ketones is 3. The van der Waals surface area contributed by atoms with Gasteiger partial charge in [-0.2, -0.15) is 0 Å². The summed E-state index contributed by atoms with van der Waals surface area (Å²) in [5.74, 6) is -8.79. The second kappa shape index (κ2) is 27.2. The molecule has 2 saturated heterocycles. The van der Waals surface area contributed by atoms with Crippen molar-refractivity contribution in [3.8, 4) is 0 Å². The maximum absolute atomic E-state index is 14.5. The number of carbonyl (C=O) groups is 5. The van der Waals surface area contributed by atoms with Gasteiger partial charge < -0.3 is 48.4 Å². The Morgan fingerprint density at radius 3 is 2.24 bits per heavy atom. The molecule has 0 spiro atoms. The van der Waals surface area contributed by atoms with Crippen LogP contribution in [0.1, 0.15) is 119 Å². The van der Waals surface area contributed by atoms with Crippen LogP contribution in [-0.4, -0.2) is 152 Å². The van der Waals surface area contributed by atoms with Crippen molar-refractivity contribution < 1.29 is 72.1 Å². The average Bonchev–Trinajstić information content (AvgIpc) is 3.32. The lowest BCUT2D eigenvalue weighted by Crippen LogP contribution is -2.61. The molecule has 2 bridgehead atoms. The number of aliphatic hydroxyl groups is 3. The highest BCUT2D eigenvalue weighted by atomic mass is 31.2. The molecule has 4 aliphatic rings. The molecule has 70 heavy (non-hydrogen) atoms. The van der Waals surface area contributed by atoms with Gasteiger partial charge in [-0.1, -0.05) is 71.1 Å². The van der Waals surface area contributed by atoms with E-state index in [1.807, 2.05) is 51.2 Å². The minimum atomic E-state index is -2.81.